The third kappa shape index (κ3) is 7.69. The predicted octanol–water partition coefficient (Wildman–Crippen LogP) is 2.69. The van der Waals surface area contributed by atoms with Crippen molar-refractivity contribution in [3.63, 3.8) is 0 Å². The lowest BCUT2D eigenvalue weighted by Crippen LogP contribution is -2.38. The van der Waals surface area contributed by atoms with Crippen molar-refractivity contribution in [3.8, 4) is 11.5 Å². The van der Waals surface area contributed by atoms with Gasteiger partial charge in [0.25, 0.3) is 0 Å². The molecule has 0 fully saturated rings. The van der Waals surface area contributed by atoms with Gasteiger partial charge in [-0.25, -0.2) is 4.79 Å². The van der Waals surface area contributed by atoms with Crippen LogP contribution in [0.2, 0.25) is 0 Å². The number of carboxylic acids is 1. The van der Waals surface area contributed by atoms with E-state index in [0.29, 0.717) is 17.9 Å². The Labute approximate surface area is 144 Å². The van der Waals surface area contributed by atoms with E-state index in [1.165, 1.54) is 24.1 Å². The van der Waals surface area contributed by atoms with Crippen molar-refractivity contribution in [1.82, 2.24) is 10.2 Å². The maximum Gasteiger partial charge on any atom is 0.387 e. The van der Waals surface area contributed by atoms with Gasteiger partial charge in [0, 0.05) is 31.8 Å². The Hall–Kier alpha value is -2.58. The highest BCUT2D eigenvalue weighted by atomic mass is 19.3. The van der Waals surface area contributed by atoms with Crippen molar-refractivity contribution >= 4 is 12.0 Å². The highest BCUT2D eigenvalue weighted by Crippen LogP contribution is 2.26. The summed E-state index contributed by atoms with van der Waals surface area (Å²) in [5.74, 6) is -0.710. The number of alkyl halides is 2. The number of nitrogens with one attached hydrogen (secondary N) is 1. The van der Waals surface area contributed by atoms with Gasteiger partial charge in [-0.15, -0.1) is 0 Å². The minimum atomic E-state index is -3.01. The molecule has 0 unspecified atom stereocenters. The number of nitrogens with zero attached hydrogens (tertiary/aromatic N) is 1. The maximum atomic E-state index is 12.6. The molecule has 7 nitrogen and oxygen atoms in total. The molecule has 0 aliphatic carbocycles. The number of carbonyl (C=O) groups excluding carboxylic acids is 1. The van der Waals surface area contributed by atoms with Crippen LogP contribution in [-0.2, 0) is 11.3 Å². The van der Waals surface area contributed by atoms with E-state index in [4.69, 9.17) is 9.84 Å². The van der Waals surface area contributed by atoms with E-state index >= 15 is 0 Å². The SMILES string of the molecule is CCCOc1ccc(CNC(=O)N(C)CCC(=O)O)c(OC(F)F)c1. The molecule has 0 bridgehead atoms. The first-order valence-corrected chi connectivity index (χ1v) is 7.74. The van der Waals surface area contributed by atoms with Crippen LogP contribution in [0.15, 0.2) is 18.2 Å². The van der Waals surface area contributed by atoms with Gasteiger partial charge in [0.05, 0.1) is 13.0 Å². The van der Waals surface area contributed by atoms with Crippen molar-refractivity contribution < 1.29 is 33.0 Å². The predicted molar refractivity (Wildman–Crippen MR) is 86.0 cm³/mol. The standard InChI is InChI=1S/C16H22F2N2O5/c1-3-8-24-12-5-4-11(13(9-12)25-15(17)18)10-19-16(23)20(2)7-6-14(21)22/h4-5,9,15H,3,6-8,10H2,1-2H3,(H,19,23)(H,21,22). The summed E-state index contributed by atoms with van der Waals surface area (Å²) in [6.07, 6.45) is 0.582. The van der Waals surface area contributed by atoms with Crippen molar-refractivity contribution in [2.24, 2.45) is 0 Å². The number of ether oxygens (including phenoxy) is 2. The van der Waals surface area contributed by atoms with E-state index in [1.54, 1.807) is 6.07 Å². The van der Waals surface area contributed by atoms with Crippen LogP contribution in [0.3, 0.4) is 0 Å². The molecular weight excluding hydrogens is 338 g/mol. The molecule has 0 aliphatic heterocycles. The summed E-state index contributed by atoms with van der Waals surface area (Å²) in [4.78, 5) is 23.6. The van der Waals surface area contributed by atoms with E-state index in [0.717, 1.165) is 6.42 Å². The fourth-order valence-corrected chi connectivity index (χ4v) is 1.87. The molecule has 0 heterocycles. The molecule has 2 amide bonds. The second-order valence-corrected chi connectivity index (χ2v) is 5.22. The highest BCUT2D eigenvalue weighted by molar-refractivity contribution is 5.75. The summed E-state index contributed by atoms with van der Waals surface area (Å²) < 4.78 is 35.0. The van der Waals surface area contributed by atoms with Gasteiger partial charge in [0.1, 0.15) is 11.5 Å². The number of carboxylic acid groups (broad SMARTS) is 1. The third-order valence-corrected chi connectivity index (χ3v) is 3.17. The van der Waals surface area contributed by atoms with Crippen LogP contribution in [0.5, 0.6) is 11.5 Å². The summed E-state index contributed by atoms with van der Waals surface area (Å²) in [6.45, 7) is -0.661. The molecule has 1 rings (SSSR count). The fourth-order valence-electron chi connectivity index (χ4n) is 1.87. The summed E-state index contributed by atoms with van der Waals surface area (Å²) in [7, 11) is 1.44. The van der Waals surface area contributed by atoms with Gasteiger partial charge in [-0.1, -0.05) is 6.92 Å². The van der Waals surface area contributed by atoms with Gasteiger partial charge < -0.3 is 24.8 Å². The number of benzene rings is 1. The first-order chi connectivity index (χ1) is 11.8. The van der Waals surface area contributed by atoms with Gasteiger partial charge >= 0.3 is 18.6 Å². The van der Waals surface area contributed by atoms with E-state index < -0.39 is 18.6 Å². The average molecular weight is 360 g/mol. The lowest BCUT2D eigenvalue weighted by molar-refractivity contribution is -0.137. The Morgan fingerprint density at radius 3 is 2.68 bits per heavy atom. The molecule has 0 saturated carbocycles. The highest BCUT2D eigenvalue weighted by Gasteiger charge is 2.14. The van der Waals surface area contributed by atoms with Crippen molar-refractivity contribution in [3.05, 3.63) is 23.8 Å². The second-order valence-electron chi connectivity index (χ2n) is 5.22. The van der Waals surface area contributed by atoms with Crippen LogP contribution in [0.1, 0.15) is 25.3 Å². The maximum absolute atomic E-state index is 12.6. The Morgan fingerprint density at radius 1 is 1.36 bits per heavy atom. The monoisotopic (exact) mass is 360 g/mol. The zero-order valence-corrected chi connectivity index (χ0v) is 14.1. The van der Waals surface area contributed by atoms with E-state index in [2.05, 4.69) is 10.1 Å². The normalized spacial score (nSPS) is 10.4. The van der Waals surface area contributed by atoms with Crippen LogP contribution in [-0.4, -0.2) is 48.8 Å². The van der Waals surface area contributed by atoms with Crippen LogP contribution >= 0.6 is 0 Å². The van der Waals surface area contributed by atoms with E-state index in [1.807, 2.05) is 6.92 Å². The molecule has 2 N–H and O–H groups in total. The Kier molecular flexibility index (Phi) is 8.45. The molecule has 25 heavy (non-hydrogen) atoms. The number of aliphatic carboxylic acids is 1. The Balaban J connectivity index is 2.72. The molecule has 0 radical (unpaired) electrons. The van der Waals surface area contributed by atoms with Crippen molar-refractivity contribution in [2.45, 2.75) is 32.9 Å². The summed E-state index contributed by atoms with van der Waals surface area (Å²) in [5.41, 5.74) is 0.351. The van der Waals surface area contributed by atoms with Gasteiger partial charge in [0.15, 0.2) is 0 Å². The summed E-state index contributed by atoms with van der Waals surface area (Å²) in [6, 6.07) is 3.96. The molecule has 0 aliphatic rings. The zero-order chi connectivity index (χ0) is 18.8. The lowest BCUT2D eigenvalue weighted by atomic mass is 10.2. The van der Waals surface area contributed by atoms with Crippen molar-refractivity contribution in [2.75, 3.05) is 20.2 Å². The number of carbonyl (C=O) groups is 2. The Morgan fingerprint density at radius 2 is 2.08 bits per heavy atom. The number of hydrogen-bond acceptors (Lipinski definition) is 4. The summed E-state index contributed by atoms with van der Waals surface area (Å²) in [5, 5.41) is 11.1. The van der Waals surface area contributed by atoms with E-state index in [-0.39, 0.29) is 25.3 Å². The number of hydrogen-bond donors (Lipinski definition) is 2. The van der Waals surface area contributed by atoms with Gasteiger partial charge in [-0.05, 0) is 18.6 Å². The summed E-state index contributed by atoms with van der Waals surface area (Å²) >= 11 is 0. The minimum Gasteiger partial charge on any atom is -0.493 e. The topological polar surface area (TPSA) is 88.1 Å². The number of urea groups is 1. The largest absolute Gasteiger partial charge is 0.493 e. The molecule has 0 aromatic heterocycles. The lowest BCUT2D eigenvalue weighted by Gasteiger charge is -2.18. The second kappa shape index (κ2) is 10.3. The molecule has 9 heteroatoms. The number of rotatable bonds is 10. The molecule has 0 spiro atoms. The third-order valence-electron chi connectivity index (χ3n) is 3.17. The van der Waals surface area contributed by atoms with Crippen LogP contribution < -0.4 is 14.8 Å². The first-order valence-electron chi connectivity index (χ1n) is 7.74. The van der Waals surface area contributed by atoms with Gasteiger partial charge in [-0.2, -0.15) is 8.78 Å². The molecule has 0 atom stereocenters. The minimum absolute atomic E-state index is 0.0331. The zero-order valence-electron chi connectivity index (χ0n) is 14.1. The Bertz CT molecular complexity index is 584. The molecule has 1 aromatic carbocycles. The number of amides is 2. The number of halogens is 2. The average Bonchev–Trinajstić information content (AvgIpc) is 2.56. The molecule has 140 valence electrons. The first kappa shape index (κ1) is 20.5. The van der Waals surface area contributed by atoms with E-state index in [9.17, 15) is 18.4 Å². The van der Waals surface area contributed by atoms with Crippen LogP contribution in [0, 0.1) is 0 Å². The van der Waals surface area contributed by atoms with Crippen molar-refractivity contribution in [1.29, 1.82) is 0 Å². The molecule has 0 saturated heterocycles. The van der Waals surface area contributed by atoms with Crippen LogP contribution in [0.4, 0.5) is 13.6 Å². The van der Waals surface area contributed by atoms with Crippen LogP contribution in [0.25, 0.3) is 0 Å². The quantitative estimate of drug-likeness (QED) is 0.670. The van der Waals surface area contributed by atoms with Gasteiger partial charge in [-0.3, -0.25) is 4.79 Å². The fraction of sp³-hybridized carbons (Fsp3) is 0.500. The molecular formula is C16H22F2N2O5. The van der Waals surface area contributed by atoms with Gasteiger partial charge in [0.2, 0.25) is 0 Å². The molecule has 1 aromatic rings. The smallest absolute Gasteiger partial charge is 0.387 e.